The summed E-state index contributed by atoms with van der Waals surface area (Å²) < 4.78 is 1.13. The van der Waals surface area contributed by atoms with E-state index in [0.29, 0.717) is 25.4 Å². The van der Waals surface area contributed by atoms with Crippen molar-refractivity contribution < 1.29 is 9.72 Å². The van der Waals surface area contributed by atoms with E-state index >= 15 is 0 Å². The van der Waals surface area contributed by atoms with E-state index in [9.17, 15) is 14.9 Å². The highest BCUT2D eigenvalue weighted by molar-refractivity contribution is 8.24. The lowest BCUT2D eigenvalue weighted by atomic mass is 10.3. The SMILES string of the molecule is O=C1CSC(=S)N1c1nc2ccc([N+](=O)[O-])cc2s1. The third kappa shape index (κ3) is 2.09. The fraction of sp³-hybridized carbons (Fsp3) is 0.100. The monoisotopic (exact) mass is 311 g/mol. The maximum absolute atomic E-state index is 11.7. The van der Waals surface area contributed by atoms with Gasteiger partial charge >= 0.3 is 0 Å². The Balaban J connectivity index is 2.09. The summed E-state index contributed by atoms with van der Waals surface area (Å²) in [5, 5.41) is 11.2. The van der Waals surface area contributed by atoms with Crippen molar-refractivity contribution in [2.45, 2.75) is 0 Å². The Hall–Kier alpha value is -1.58. The summed E-state index contributed by atoms with van der Waals surface area (Å²) >= 11 is 7.61. The molecule has 0 radical (unpaired) electrons. The van der Waals surface area contributed by atoms with Gasteiger partial charge in [-0.15, -0.1) is 0 Å². The molecule has 0 N–H and O–H groups in total. The number of nitro benzene ring substituents is 1. The molecule has 19 heavy (non-hydrogen) atoms. The van der Waals surface area contributed by atoms with E-state index in [0.717, 1.165) is 0 Å². The minimum Gasteiger partial charge on any atom is -0.273 e. The van der Waals surface area contributed by atoms with Gasteiger partial charge in [-0.05, 0) is 6.07 Å². The van der Waals surface area contributed by atoms with Crippen LogP contribution in [0.5, 0.6) is 0 Å². The first-order chi connectivity index (χ1) is 9.06. The second kappa shape index (κ2) is 4.51. The predicted octanol–water partition coefficient (Wildman–Crippen LogP) is 2.57. The van der Waals surface area contributed by atoms with E-state index in [1.807, 2.05) is 0 Å². The maximum Gasteiger partial charge on any atom is 0.270 e. The molecule has 6 nitrogen and oxygen atoms in total. The summed E-state index contributed by atoms with van der Waals surface area (Å²) in [5.41, 5.74) is 0.630. The number of thioether (sulfide) groups is 1. The Morgan fingerprint density at radius 3 is 2.89 bits per heavy atom. The van der Waals surface area contributed by atoms with Crippen molar-refractivity contribution in [1.82, 2.24) is 4.98 Å². The molecule has 0 spiro atoms. The van der Waals surface area contributed by atoms with Crippen LogP contribution in [0.1, 0.15) is 0 Å². The van der Waals surface area contributed by atoms with Gasteiger partial charge in [-0.1, -0.05) is 35.3 Å². The first kappa shape index (κ1) is 12.5. The second-order valence-electron chi connectivity index (χ2n) is 3.69. The Morgan fingerprint density at radius 2 is 2.26 bits per heavy atom. The Kier molecular flexibility index (Phi) is 2.96. The van der Waals surface area contributed by atoms with Crippen LogP contribution in [-0.4, -0.2) is 25.9 Å². The molecule has 0 unspecified atom stereocenters. The lowest BCUT2D eigenvalue weighted by molar-refractivity contribution is -0.384. The van der Waals surface area contributed by atoms with Crippen molar-refractivity contribution >= 4 is 66.6 Å². The minimum atomic E-state index is -0.458. The first-order valence-corrected chi connectivity index (χ1v) is 7.32. The molecule has 1 aliphatic heterocycles. The number of amides is 1. The van der Waals surface area contributed by atoms with Crippen molar-refractivity contribution in [2.75, 3.05) is 10.7 Å². The van der Waals surface area contributed by atoms with Gasteiger partial charge in [-0.25, -0.2) is 9.88 Å². The Bertz CT molecular complexity index is 711. The fourth-order valence-electron chi connectivity index (χ4n) is 1.65. The van der Waals surface area contributed by atoms with Crippen molar-refractivity contribution in [3.8, 4) is 0 Å². The predicted molar refractivity (Wildman–Crippen MR) is 78.8 cm³/mol. The average Bonchev–Trinajstić information content (AvgIpc) is 2.91. The summed E-state index contributed by atoms with van der Waals surface area (Å²) in [6.07, 6.45) is 0. The molecule has 2 aromatic rings. The van der Waals surface area contributed by atoms with E-state index in [1.54, 1.807) is 6.07 Å². The molecule has 1 aromatic carbocycles. The van der Waals surface area contributed by atoms with Crippen LogP contribution < -0.4 is 4.90 Å². The van der Waals surface area contributed by atoms with Gasteiger partial charge in [0, 0.05) is 12.1 Å². The molecule has 1 amide bonds. The number of benzene rings is 1. The summed E-state index contributed by atoms with van der Waals surface area (Å²) in [6.45, 7) is 0. The summed E-state index contributed by atoms with van der Waals surface area (Å²) in [5.74, 6) is 0.207. The third-order valence-electron chi connectivity index (χ3n) is 2.51. The van der Waals surface area contributed by atoms with Crippen molar-refractivity contribution in [1.29, 1.82) is 0 Å². The van der Waals surface area contributed by atoms with Crippen LogP contribution in [0.2, 0.25) is 0 Å². The molecular formula is C10H5N3O3S3. The van der Waals surface area contributed by atoms with Crippen LogP contribution in [0.15, 0.2) is 18.2 Å². The van der Waals surface area contributed by atoms with E-state index in [4.69, 9.17) is 12.2 Å². The van der Waals surface area contributed by atoms with Crippen LogP contribution >= 0.6 is 35.3 Å². The van der Waals surface area contributed by atoms with Crippen molar-refractivity contribution in [2.24, 2.45) is 0 Å². The number of aromatic nitrogens is 1. The zero-order chi connectivity index (χ0) is 13.6. The quantitative estimate of drug-likeness (QED) is 0.482. The molecular weight excluding hydrogens is 306 g/mol. The smallest absolute Gasteiger partial charge is 0.270 e. The maximum atomic E-state index is 11.7. The van der Waals surface area contributed by atoms with E-state index in [-0.39, 0.29) is 11.6 Å². The molecule has 0 atom stereocenters. The standard InChI is InChI=1S/C10H5N3O3S3/c14-8-4-18-10(17)12(8)9-11-6-2-1-5(13(15)16)3-7(6)19-9/h1-3H,4H2. The molecule has 3 rings (SSSR count). The number of carbonyl (C=O) groups is 1. The van der Waals surface area contributed by atoms with Gasteiger partial charge in [0.15, 0.2) is 5.13 Å². The second-order valence-corrected chi connectivity index (χ2v) is 6.31. The van der Waals surface area contributed by atoms with Crippen molar-refractivity contribution in [3.05, 3.63) is 28.3 Å². The number of non-ortho nitro benzene ring substituents is 1. The number of thiocarbonyl (C=S) groups is 1. The molecule has 0 bridgehead atoms. The molecule has 9 heteroatoms. The lowest BCUT2D eigenvalue weighted by Gasteiger charge is -2.09. The molecule has 1 fully saturated rings. The first-order valence-electron chi connectivity index (χ1n) is 5.11. The number of hydrogen-bond acceptors (Lipinski definition) is 7. The average molecular weight is 311 g/mol. The van der Waals surface area contributed by atoms with E-state index in [2.05, 4.69) is 4.98 Å². The van der Waals surface area contributed by atoms with Crippen LogP contribution in [0, 0.1) is 10.1 Å². The largest absolute Gasteiger partial charge is 0.273 e. The van der Waals surface area contributed by atoms with Crippen LogP contribution in [0.3, 0.4) is 0 Å². The van der Waals surface area contributed by atoms with Gasteiger partial charge in [0.1, 0.15) is 4.32 Å². The van der Waals surface area contributed by atoms with Gasteiger partial charge in [0.2, 0.25) is 5.91 Å². The number of nitro groups is 1. The fourth-order valence-corrected chi connectivity index (χ4v) is 3.85. The molecule has 0 aliphatic carbocycles. The molecule has 1 aromatic heterocycles. The van der Waals surface area contributed by atoms with Gasteiger partial charge in [0.05, 0.1) is 20.9 Å². The number of rotatable bonds is 2. The number of anilines is 1. The highest BCUT2D eigenvalue weighted by Gasteiger charge is 2.30. The van der Waals surface area contributed by atoms with Gasteiger partial charge < -0.3 is 0 Å². The number of carbonyl (C=O) groups excluding carboxylic acids is 1. The molecule has 1 saturated heterocycles. The van der Waals surface area contributed by atoms with Gasteiger partial charge in [-0.3, -0.25) is 14.9 Å². The Labute approximate surface area is 120 Å². The van der Waals surface area contributed by atoms with Crippen LogP contribution in [-0.2, 0) is 4.79 Å². The molecule has 2 heterocycles. The number of fused-ring (bicyclic) bond motifs is 1. The van der Waals surface area contributed by atoms with Crippen molar-refractivity contribution in [3.63, 3.8) is 0 Å². The highest BCUT2D eigenvalue weighted by atomic mass is 32.2. The zero-order valence-electron chi connectivity index (χ0n) is 9.23. The molecule has 0 saturated carbocycles. The number of thiazole rings is 1. The van der Waals surface area contributed by atoms with Crippen LogP contribution in [0.25, 0.3) is 10.2 Å². The highest BCUT2D eigenvalue weighted by Crippen LogP contribution is 2.35. The number of hydrogen-bond donors (Lipinski definition) is 0. The van der Waals surface area contributed by atoms with Gasteiger partial charge in [0.25, 0.3) is 5.69 Å². The summed E-state index contributed by atoms with van der Waals surface area (Å²) in [6, 6.07) is 4.42. The van der Waals surface area contributed by atoms with Crippen LogP contribution in [0.4, 0.5) is 10.8 Å². The minimum absolute atomic E-state index is 0.00685. The molecule has 1 aliphatic rings. The summed E-state index contributed by atoms with van der Waals surface area (Å²) in [7, 11) is 0. The molecule has 96 valence electrons. The van der Waals surface area contributed by atoms with Gasteiger partial charge in [-0.2, -0.15) is 0 Å². The zero-order valence-corrected chi connectivity index (χ0v) is 11.7. The van der Waals surface area contributed by atoms with E-state index in [1.165, 1.54) is 40.1 Å². The van der Waals surface area contributed by atoms with E-state index < -0.39 is 4.92 Å². The lowest BCUT2D eigenvalue weighted by Crippen LogP contribution is -2.27. The Morgan fingerprint density at radius 1 is 1.47 bits per heavy atom. The summed E-state index contributed by atoms with van der Waals surface area (Å²) in [4.78, 5) is 27.6. The topological polar surface area (TPSA) is 76.3 Å². The normalized spacial score (nSPS) is 15.5. The third-order valence-corrected chi connectivity index (χ3v) is 4.87. The number of nitrogens with zero attached hydrogens (tertiary/aromatic N) is 3.